The van der Waals surface area contributed by atoms with Gasteiger partial charge in [-0.3, -0.25) is 0 Å². The van der Waals surface area contributed by atoms with E-state index >= 15 is 0 Å². The second-order valence-corrected chi connectivity index (χ2v) is 3.99. The molecule has 2 heteroatoms. The minimum Gasteiger partial charge on any atom is -0.393 e. The number of hydrogen-bond acceptors (Lipinski definition) is 2. The summed E-state index contributed by atoms with van der Waals surface area (Å²) in [7, 11) is 0. The minimum atomic E-state index is -0.0553. The number of rotatable bonds is 3. The van der Waals surface area contributed by atoms with Crippen molar-refractivity contribution in [3.05, 3.63) is 0 Å². The van der Waals surface area contributed by atoms with Crippen molar-refractivity contribution in [3.8, 4) is 0 Å². The highest BCUT2D eigenvalue weighted by Gasteiger charge is 2.20. The normalized spacial score (nSPS) is 33.2. The molecule has 72 valence electrons. The third-order valence-corrected chi connectivity index (χ3v) is 2.78. The monoisotopic (exact) mass is 171 g/mol. The molecule has 0 heterocycles. The predicted molar refractivity (Wildman–Crippen MR) is 51.2 cm³/mol. The van der Waals surface area contributed by atoms with Crippen LogP contribution in [0.25, 0.3) is 0 Å². The van der Waals surface area contributed by atoms with Gasteiger partial charge in [0.15, 0.2) is 0 Å². The Labute approximate surface area is 75.4 Å². The van der Waals surface area contributed by atoms with Crippen LogP contribution >= 0.6 is 0 Å². The SMILES string of the molecule is CCC(C)NC1CCCC(O)C1. The van der Waals surface area contributed by atoms with E-state index in [4.69, 9.17) is 0 Å². The Morgan fingerprint density at radius 2 is 2.25 bits per heavy atom. The summed E-state index contributed by atoms with van der Waals surface area (Å²) in [5.41, 5.74) is 0. The molecular weight excluding hydrogens is 150 g/mol. The van der Waals surface area contributed by atoms with Crippen molar-refractivity contribution in [2.24, 2.45) is 0 Å². The highest BCUT2D eigenvalue weighted by molar-refractivity contribution is 4.79. The molecule has 12 heavy (non-hydrogen) atoms. The third-order valence-electron chi connectivity index (χ3n) is 2.78. The lowest BCUT2D eigenvalue weighted by molar-refractivity contribution is 0.109. The van der Waals surface area contributed by atoms with Crippen molar-refractivity contribution >= 4 is 0 Å². The molecule has 1 fully saturated rings. The molecule has 0 bridgehead atoms. The first-order chi connectivity index (χ1) is 5.72. The standard InChI is InChI=1S/C10H21NO/c1-3-8(2)11-9-5-4-6-10(12)7-9/h8-12H,3-7H2,1-2H3. The van der Waals surface area contributed by atoms with Crippen LogP contribution in [-0.4, -0.2) is 23.3 Å². The van der Waals surface area contributed by atoms with E-state index in [9.17, 15) is 5.11 Å². The van der Waals surface area contributed by atoms with E-state index < -0.39 is 0 Å². The quantitative estimate of drug-likeness (QED) is 0.677. The Bertz CT molecular complexity index is 127. The zero-order chi connectivity index (χ0) is 8.97. The van der Waals surface area contributed by atoms with Gasteiger partial charge in [-0.1, -0.05) is 6.92 Å². The van der Waals surface area contributed by atoms with Crippen LogP contribution in [0.1, 0.15) is 46.0 Å². The molecular formula is C10H21NO. The summed E-state index contributed by atoms with van der Waals surface area (Å²) < 4.78 is 0. The van der Waals surface area contributed by atoms with Crippen molar-refractivity contribution in [3.63, 3.8) is 0 Å². The Morgan fingerprint density at radius 1 is 1.50 bits per heavy atom. The van der Waals surface area contributed by atoms with Crippen LogP contribution in [0.2, 0.25) is 0 Å². The molecule has 2 N–H and O–H groups in total. The summed E-state index contributed by atoms with van der Waals surface area (Å²) in [6.45, 7) is 4.40. The van der Waals surface area contributed by atoms with Gasteiger partial charge in [0, 0.05) is 12.1 Å². The van der Waals surface area contributed by atoms with Gasteiger partial charge in [-0.15, -0.1) is 0 Å². The molecule has 1 aliphatic carbocycles. The average Bonchev–Trinajstić information content (AvgIpc) is 2.04. The Hall–Kier alpha value is -0.0800. The second-order valence-electron chi connectivity index (χ2n) is 3.99. The highest BCUT2D eigenvalue weighted by Crippen LogP contribution is 2.18. The van der Waals surface area contributed by atoms with Crippen LogP contribution < -0.4 is 5.32 Å². The first kappa shape index (κ1) is 10.0. The van der Waals surface area contributed by atoms with E-state index in [1.54, 1.807) is 0 Å². The van der Waals surface area contributed by atoms with Gasteiger partial charge in [-0.25, -0.2) is 0 Å². The molecule has 3 atom stereocenters. The van der Waals surface area contributed by atoms with Gasteiger partial charge < -0.3 is 10.4 Å². The fourth-order valence-corrected chi connectivity index (χ4v) is 1.84. The summed E-state index contributed by atoms with van der Waals surface area (Å²) >= 11 is 0. The first-order valence-electron chi connectivity index (χ1n) is 5.16. The number of aliphatic hydroxyl groups is 1. The van der Waals surface area contributed by atoms with E-state index in [0.29, 0.717) is 12.1 Å². The highest BCUT2D eigenvalue weighted by atomic mass is 16.3. The second kappa shape index (κ2) is 4.83. The van der Waals surface area contributed by atoms with Crippen molar-refractivity contribution in [2.45, 2.75) is 64.1 Å². The van der Waals surface area contributed by atoms with Gasteiger partial charge in [0.25, 0.3) is 0 Å². The van der Waals surface area contributed by atoms with Crippen LogP contribution in [0, 0.1) is 0 Å². The third kappa shape index (κ3) is 3.11. The fourth-order valence-electron chi connectivity index (χ4n) is 1.84. The number of hydrogen-bond donors (Lipinski definition) is 2. The molecule has 0 spiro atoms. The van der Waals surface area contributed by atoms with Gasteiger partial charge in [-0.05, 0) is 39.0 Å². The summed E-state index contributed by atoms with van der Waals surface area (Å²) in [6, 6.07) is 1.16. The maximum atomic E-state index is 9.43. The topological polar surface area (TPSA) is 32.3 Å². The van der Waals surface area contributed by atoms with E-state index in [1.165, 1.54) is 19.3 Å². The molecule has 1 rings (SSSR count). The zero-order valence-corrected chi connectivity index (χ0v) is 8.21. The molecule has 0 radical (unpaired) electrons. The molecule has 1 aliphatic rings. The lowest BCUT2D eigenvalue weighted by Crippen LogP contribution is -2.40. The molecule has 0 amide bonds. The van der Waals surface area contributed by atoms with Crippen LogP contribution in [0.4, 0.5) is 0 Å². The molecule has 0 aromatic carbocycles. The van der Waals surface area contributed by atoms with E-state index in [1.807, 2.05) is 0 Å². The molecule has 3 unspecified atom stereocenters. The molecule has 0 saturated heterocycles. The smallest absolute Gasteiger partial charge is 0.0555 e. The fraction of sp³-hybridized carbons (Fsp3) is 1.00. The molecule has 2 nitrogen and oxygen atoms in total. The van der Waals surface area contributed by atoms with Crippen molar-refractivity contribution in [2.75, 3.05) is 0 Å². The van der Waals surface area contributed by atoms with Gasteiger partial charge in [0.2, 0.25) is 0 Å². The largest absolute Gasteiger partial charge is 0.393 e. The molecule has 0 aromatic heterocycles. The van der Waals surface area contributed by atoms with Gasteiger partial charge in [0.05, 0.1) is 6.10 Å². The summed E-state index contributed by atoms with van der Waals surface area (Å²) in [5, 5.41) is 13.0. The summed E-state index contributed by atoms with van der Waals surface area (Å²) in [4.78, 5) is 0. The van der Waals surface area contributed by atoms with Gasteiger partial charge >= 0.3 is 0 Å². The Kier molecular flexibility index (Phi) is 4.02. The maximum absolute atomic E-state index is 9.43. The minimum absolute atomic E-state index is 0.0553. The van der Waals surface area contributed by atoms with Gasteiger partial charge in [0.1, 0.15) is 0 Å². The number of aliphatic hydroxyl groups excluding tert-OH is 1. The van der Waals surface area contributed by atoms with Crippen LogP contribution in [0.15, 0.2) is 0 Å². The Balaban J connectivity index is 2.22. The van der Waals surface area contributed by atoms with Gasteiger partial charge in [-0.2, -0.15) is 0 Å². The van der Waals surface area contributed by atoms with E-state index in [2.05, 4.69) is 19.2 Å². The van der Waals surface area contributed by atoms with Crippen molar-refractivity contribution in [1.82, 2.24) is 5.32 Å². The summed E-state index contributed by atoms with van der Waals surface area (Å²) in [6.07, 6.45) is 5.48. The maximum Gasteiger partial charge on any atom is 0.0555 e. The van der Waals surface area contributed by atoms with E-state index in [-0.39, 0.29) is 6.10 Å². The average molecular weight is 171 g/mol. The van der Waals surface area contributed by atoms with E-state index in [0.717, 1.165) is 12.8 Å². The molecule has 0 aliphatic heterocycles. The van der Waals surface area contributed by atoms with Crippen LogP contribution in [0.5, 0.6) is 0 Å². The van der Waals surface area contributed by atoms with Crippen LogP contribution in [-0.2, 0) is 0 Å². The number of nitrogens with one attached hydrogen (secondary N) is 1. The first-order valence-corrected chi connectivity index (χ1v) is 5.16. The summed E-state index contributed by atoms with van der Waals surface area (Å²) in [5.74, 6) is 0. The lowest BCUT2D eigenvalue weighted by Gasteiger charge is -2.29. The van der Waals surface area contributed by atoms with Crippen molar-refractivity contribution in [1.29, 1.82) is 0 Å². The molecule has 1 saturated carbocycles. The van der Waals surface area contributed by atoms with Crippen molar-refractivity contribution < 1.29 is 5.11 Å². The van der Waals surface area contributed by atoms with Crippen LogP contribution in [0.3, 0.4) is 0 Å². The molecule has 0 aromatic rings. The Morgan fingerprint density at radius 3 is 2.83 bits per heavy atom. The lowest BCUT2D eigenvalue weighted by atomic mass is 9.92. The predicted octanol–water partition coefficient (Wildman–Crippen LogP) is 1.68. The zero-order valence-electron chi connectivity index (χ0n) is 8.21.